The normalized spacial score (nSPS) is 29.9. The lowest BCUT2D eigenvalue weighted by Gasteiger charge is -2.36. The minimum absolute atomic E-state index is 0.136. The van der Waals surface area contributed by atoms with Crippen LogP contribution in [-0.2, 0) is 4.79 Å². The maximum Gasteiger partial charge on any atom is 0.237 e. The molecule has 0 unspecified atom stereocenters. The Morgan fingerprint density at radius 2 is 2.06 bits per heavy atom. The lowest BCUT2D eigenvalue weighted by atomic mass is 9.78. The van der Waals surface area contributed by atoms with Crippen LogP contribution < -0.4 is 11.1 Å². The van der Waals surface area contributed by atoms with Crippen molar-refractivity contribution in [2.24, 2.45) is 11.7 Å². The van der Waals surface area contributed by atoms with E-state index in [-0.39, 0.29) is 5.91 Å². The summed E-state index contributed by atoms with van der Waals surface area (Å²) >= 11 is 0. The highest BCUT2D eigenvalue weighted by Crippen LogP contribution is 2.33. The van der Waals surface area contributed by atoms with Crippen molar-refractivity contribution in [2.75, 3.05) is 6.54 Å². The van der Waals surface area contributed by atoms with Crippen molar-refractivity contribution >= 4 is 5.91 Å². The van der Waals surface area contributed by atoms with Crippen molar-refractivity contribution in [1.29, 1.82) is 0 Å². The van der Waals surface area contributed by atoms with Gasteiger partial charge in [-0.05, 0) is 38.0 Å². The molecule has 0 radical (unpaired) electrons. The smallest absolute Gasteiger partial charge is 0.237 e. The van der Waals surface area contributed by atoms with Crippen molar-refractivity contribution in [3.63, 3.8) is 0 Å². The second-order valence-corrected chi connectivity index (χ2v) is 5.69. The fourth-order valence-corrected chi connectivity index (χ4v) is 2.62. The molecule has 1 aliphatic carbocycles. The molecular formula is C14H28N2O2. The van der Waals surface area contributed by atoms with Crippen LogP contribution in [-0.4, -0.2) is 29.2 Å². The fourth-order valence-electron chi connectivity index (χ4n) is 2.62. The first kappa shape index (κ1) is 15.4. The summed E-state index contributed by atoms with van der Waals surface area (Å²) in [6, 6.07) is -0.439. The largest absolute Gasteiger partial charge is 0.388 e. The van der Waals surface area contributed by atoms with Gasteiger partial charge >= 0.3 is 0 Å². The second kappa shape index (κ2) is 7.10. The number of aliphatic hydroxyl groups is 1. The molecule has 1 amide bonds. The summed E-state index contributed by atoms with van der Waals surface area (Å²) in [5.41, 5.74) is 5.02. The predicted molar refractivity (Wildman–Crippen MR) is 73.1 cm³/mol. The Morgan fingerprint density at radius 1 is 1.44 bits per heavy atom. The Bertz CT molecular complexity index is 261. The molecule has 1 aliphatic rings. The van der Waals surface area contributed by atoms with Crippen LogP contribution >= 0.6 is 0 Å². The van der Waals surface area contributed by atoms with E-state index in [1.807, 2.05) is 6.92 Å². The number of carbonyl (C=O) groups is 1. The van der Waals surface area contributed by atoms with Crippen molar-refractivity contribution in [3.05, 3.63) is 0 Å². The second-order valence-electron chi connectivity index (χ2n) is 5.69. The molecule has 0 bridgehead atoms. The van der Waals surface area contributed by atoms with E-state index < -0.39 is 11.6 Å². The molecule has 4 heteroatoms. The van der Waals surface area contributed by atoms with Gasteiger partial charge in [-0.2, -0.15) is 0 Å². The zero-order valence-corrected chi connectivity index (χ0v) is 11.7. The first-order valence-electron chi connectivity index (χ1n) is 7.26. The molecule has 0 aliphatic heterocycles. The molecule has 4 nitrogen and oxygen atoms in total. The third-order valence-corrected chi connectivity index (χ3v) is 4.14. The quantitative estimate of drug-likeness (QED) is 0.675. The lowest BCUT2D eigenvalue weighted by molar-refractivity contribution is -0.124. The van der Waals surface area contributed by atoms with E-state index in [1.165, 1.54) is 6.42 Å². The third-order valence-electron chi connectivity index (χ3n) is 4.14. The van der Waals surface area contributed by atoms with Crippen LogP contribution in [0.2, 0.25) is 0 Å². The van der Waals surface area contributed by atoms with E-state index >= 15 is 0 Å². The molecule has 0 spiro atoms. The molecule has 0 aromatic rings. The Balaban J connectivity index is 2.32. The summed E-state index contributed by atoms with van der Waals surface area (Å²) in [5, 5.41) is 13.2. The number of amides is 1. The summed E-state index contributed by atoms with van der Waals surface area (Å²) in [6.45, 7) is 4.55. The highest BCUT2D eigenvalue weighted by atomic mass is 16.3. The van der Waals surface area contributed by atoms with Crippen LogP contribution in [0.3, 0.4) is 0 Å². The Morgan fingerprint density at radius 3 is 2.56 bits per heavy atom. The minimum Gasteiger partial charge on any atom is -0.388 e. The van der Waals surface area contributed by atoms with Gasteiger partial charge in [-0.15, -0.1) is 0 Å². The summed E-state index contributed by atoms with van der Waals surface area (Å²) in [4.78, 5) is 11.7. The molecule has 0 heterocycles. The van der Waals surface area contributed by atoms with Crippen LogP contribution in [0.5, 0.6) is 0 Å². The molecule has 0 aromatic heterocycles. The summed E-state index contributed by atoms with van der Waals surface area (Å²) < 4.78 is 0. The summed E-state index contributed by atoms with van der Waals surface area (Å²) in [5.74, 6) is 0.603. The average Bonchev–Trinajstić information content (AvgIpc) is 2.37. The van der Waals surface area contributed by atoms with Gasteiger partial charge < -0.3 is 16.2 Å². The van der Waals surface area contributed by atoms with Gasteiger partial charge in [-0.3, -0.25) is 4.79 Å². The number of rotatable bonds is 6. The van der Waals surface area contributed by atoms with E-state index in [4.69, 9.17) is 5.73 Å². The lowest BCUT2D eigenvalue weighted by Crippen LogP contribution is -2.49. The highest BCUT2D eigenvalue weighted by Gasteiger charge is 2.33. The number of hydrogen-bond acceptors (Lipinski definition) is 3. The molecule has 1 fully saturated rings. The molecule has 1 rings (SSSR count). The van der Waals surface area contributed by atoms with Crippen LogP contribution in [0.1, 0.15) is 58.8 Å². The zero-order valence-electron chi connectivity index (χ0n) is 11.7. The molecule has 1 saturated carbocycles. The number of nitrogens with two attached hydrogens (primary N) is 1. The highest BCUT2D eigenvalue weighted by molar-refractivity contribution is 5.81. The average molecular weight is 256 g/mol. The van der Waals surface area contributed by atoms with E-state index in [9.17, 15) is 9.90 Å². The van der Waals surface area contributed by atoms with Crippen molar-refractivity contribution < 1.29 is 9.90 Å². The van der Waals surface area contributed by atoms with Gasteiger partial charge in [-0.1, -0.05) is 26.7 Å². The van der Waals surface area contributed by atoms with Gasteiger partial charge in [0.15, 0.2) is 0 Å². The SMILES string of the molecule is CCC[C@H](N)C(=O)NCC1(O)CCC(CC)CC1. The van der Waals surface area contributed by atoms with Crippen LogP contribution in [0.4, 0.5) is 0 Å². The first-order chi connectivity index (χ1) is 8.50. The summed E-state index contributed by atoms with van der Waals surface area (Å²) in [7, 11) is 0. The standard InChI is InChI=1S/C14H28N2O2/c1-3-5-12(15)13(17)16-10-14(18)8-6-11(4-2)7-9-14/h11-12,18H,3-10,15H2,1-2H3,(H,16,17)/t11?,12-,14?/m0/s1. The monoisotopic (exact) mass is 256 g/mol. The van der Waals surface area contributed by atoms with Crippen LogP contribution in [0.25, 0.3) is 0 Å². The van der Waals surface area contributed by atoms with Crippen LogP contribution in [0.15, 0.2) is 0 Å². The summed E-state index contributed by atoms with van der Waals surface area (Å²) in [6.07, 6.45) is 6.47. The third kappa shape index (κ3) is 4.58. The number of hydrogen-bond donors (Lipinski definition) is 3. The van der Waals surface area contributed by atoms with E-state index in [0.29, 0.717) is 13.0 Å². The molecule has 0 saturated heterocycles. The van der Waals surface area contributed by atoms with Crippen molar-refractivity contribution in [3.8, 4) is 0 Å². The molecule has 106 valence electrons. The zero-order chi connectivity index (χ0) is 13.6. The van der Waals surface area contributed by atoms with Gasteiger partial charge in [0, 0.05) is 6.54 Å². The fraction of sp³-hybridized carbons (Fsp3) is 0.929. The molecule has 18 heavy (non-hydrogen) atoms. The number of nitrogens with one attached hydrogen (secondary N) is 1. The molecule has 4 N–H and O–H groups in total. The van der Waals surface area contributed by atoms with Gasteiger partial charge in [0.1, 0.15) is 0 Å². The van der Waals surface area contributed by atoms with E-state index in [1.54, 1.807) is 0 Å². The topological polar surface area (TPSA) is 75.4 Å². The molecule has 0 aromatic carbocycles. The van der Waals surface area contributed by atoms with Crippen molar-refractivity contribution in [2.45, 2.75) is 70.4 Å². The minimum atomic E-state index is -0.715. The molecule has 1 atom stereocenters. The van der Waals surface area contributed by atoms with Gasteiger partial charge in [0.25, 0.3) is 0 Å². The Labute approximate surface area is 110 Å². The van der Waals surface area contributed by atoms with Crippen LogP contribution in [0, 0.1) is 5.92 Å². The number of carbonyl (C=O) groups excluding carboxylic acids is 1. The van der Waals surface area contributed by atoms with Gasteiger partial charge in [-0.25, -0.2) is 0 Å². The first-order valence-corrected chi connectivity index (χ1v) is 7.26. The predicted octanol–water partition coefficient (Wildman–Crippen LogP) is 1.56. The van der Waals surface area contributed by atoms with E-state index in [0.717, 1.165) is 38.0 Å². The van der Waals surface area contributed by atoms with E-state index in [2.05, 4.69) is 12.2 Å². The molecular weight excluding hydrogens is 228 g/mol. The maximum absolute atomic E-state index is 11.7. The Kier molecular flexibility index (Phi) is 6.09. The maximum atomic E-state index is 11.7. The van der Waals surface area contributed by atoms with Crippen molar-refractivity contribution in [1.82, 2.24) is 5.32 Å². The Hall–Kier alpha value is -0.610. The van der Waals surface area contributed by atoms with Gasteiger partial charge in [0.2, 0.25) is 5.91 Å². The van der Waals surface area contributed by atoms with Gasteiger partial charge in [0.05, 0.1) is 11.6 Å².